The van der Waals surface area contributed by atoms with Gasteiger partial charge in [-0.2, -0.15) is 4.98 Å². The van der Waals surface area contributed by atoms with Gasteiger partial charge in [-0.15, -0.1) is 0 Å². The van der Waals surface area contributed by atoms with Crippen LogP contribution in [0.4, 0.5) is 21.8 Å². The van der Waals surface area contributed by atoms with Gasteiger partial charge in [0.2, 0.25) is 11.9 Å². The van der Waals surface area contributed by atoms with Gasteiger partial charge in [0.25, 0.3) is 0 Å². The molecule has 9 heteroatoms. The first kappa shape index (κ1) is 21.9. The Balaban J connectivity index is 1.37. The maximum atomic E-state index is 14.5. The quantitative estimate of drug-likeness (QED) is 0.666. The highest BCUT2D eigenvalue weighted by Crippen LogP contribution is 2.46. The van der Waals surface area contributed by atoms with Crippen LogP contribution >= 0.6 is 0 Å². The van der Waals surface area contributed by atoms with Crippen LogP contribution in [-0.2, 0) is 11.2 Å². The minimum absolute atomic E-state index is 0.0915. The Labute approximate surface area is 193 Å². The van der Waals surface area contributed by atoms with Gasteiger partial charge >= 0.3 is 0 Å². The second kappa shape index (κ2) is 8.78. The highest BCUT2D eigenvalue weighted by Gasteiger charge is 2.55. The molecule has 1 spiro atoms. The summed E-state index contributed by atoms with van der Waals surface area (Å²) in [6.07, 6.45) is 7.71. The second-order valence-electron chi connectivity index (χ2n) is 9.49. The van der Waals surface area contributed by atoms with Crippen molar-refractivity contribution in [1.29, 1.82) is 0 Å². The molecule has 3 heterocycles. The number of rotatable bonds is 7. The van der Waals surface area contributed by atoms with Gasteiger partial charge in [-0.1, -0.05) is 12.8 Å². The minimum atomic E-state index is -0.553. The normalized spacial score (nSPS) is 22.3. The topological polar surface area (TPSA) is 82.6 Å². The Bertz CT molecular complexity index is 1040. The zero-order valence-corrected chi connectivity index (χ0v) is 19.2. The van der Waals surface area contributed by atoms with E-state index in [2.05, 4.69) is 20.5 Å². The maximum Gasteiger partial charge on any atom is 0.246 e. The lowest BCUT2D eigenvalue weighted by Gasteiger charge is -2.38. The Kier molecular flexibility index (Phi) is 5.82. The van der Waals surface area contributed by atoms with Crippen molar-refractivity contribution in [2.24, 2.45) is 0 Å². The van der Waals surface area contributed by atoms with Crippen molar-refractivity contribution in [2.45, 2.75) is 50.1 Å². The molecule has 2 aromatic rings. The molecule has 2 N–H and O–H groups in total. The maximum absolute atomic E-state index is 14.5. The first-order chi connectivity index (χ1) is 16.0. The number of aromatic nitrogens is 2. The van der Waals surface area contributed by atoms with Crippen LogP contribution in [0.1, 0.15) is 37.7 Å². The van der Waals surface area contributed by atoms with E-state index in [1.807, 2.05) is 25.2 Å². The van der Waals surface area contributed by atoms with Crippen LogP contribution < -0.4 is 20.3 Å². The van der Waals surface area contributed by atoms with Crippen molar-refractivity contribution in [1.82, 2.24) is 20.2 Å². The fourth-order valence-corrected chi connectivity index (χ4v) is 5.30. The van der Waals surface area contributed by atoms with Gasteiger partial charge < -0.3 is 25.2 Å². The van der Waals surface area contributed by atoms with E-state index >= 15 is 0 Å². The summed E-state index contributed by atoms with van der Waals surface area (Å²) in [5.41, 5.74) is 0.994. The van der Waals surface area contributed by atoms with Crippen molar-refractivity contribution in [2.75, 3.05) is 44.0 Å². The molecule has 1 saturated carbocycles. The van der Waals surface area contributed by atoms with Crippen LogP contribution in [-0.4, -0.2) is 66.1 Å². The zero-order valence-electron chi connectivity index (χ0n) is 19.2. The number of halogens is 1. The fourth-order valence-electron chi connectivity index (χ4n) is 5.30. The average molecular weight is 455 g/mol. The van der Waals surface area contributed by atoms with Gasteiger partial charge in [-0.05, 0) is 45.5 Å². The molecule has 2 fully saturated rings. The van der Waals surface area contributed by atoms with E-state index in [1.54, 1.807) is 12.1 Å². The highest BCUT2D eigenvalue weighted by atomic mass is 19.1. The number of fused-ring (bicyclic) bond motifs is 1. The van der Waals surface area contributed by atoms with Gasteiger partial charge in [0, 0.05) is 49.1 Å². The van der Waals surface area contributed by atoms with Crippen LogP contribution in [0.2, 0.25) is 0 Å². The molecule has 1 unspecified atom stereocenters. The first-order valence-electron chi connectivity index (χ1n) is 11.7. The summed E-state index contributed by atoms with van der Waals surface area (Å²) < 4.78 is 20.1. The summed E-state index contributed by atoms with van der Waals surface area (Å²) in [5.74, 6) is 1.11. The van der Waals surface area contributed by atoms with Crippen LogP contribution in [0.3, 0.4) is 0 Å². The van der Waals surface area contributed by atoms with Gasteiger partial charge in [0.1, 0.15) is 18.0 Å². The van der Waals surface area contributed by atoms with Crippen molar-refractivity contribution in [3.63, 3.8) is 0 Å². The molecule has 0 radical (unpaired) electrons. The van der Waals surface area contributed by atoms with Crippen molar-refractivity contribution >= 4 is 23.4 Å². The van der Waals surface area contributed by atoms with Crippen LogP contribution in [0.25, 0.3) is 0 Å². The van der Waals surface area contributed by atoms with Crippen molar-refractivity contribution in [3.8, 4) is 5.75 Å². The van der Waals surface area contributed by atoms with E-state index in [9.17, 15) is 9.18 Å². The minimum Gasteiger partial charge on any atom is -0.489 e. The Morgan fingerprint density at radius 2 is 2.15 bits per heavy atom. The molecular weight excluding hydrogens is 423 g/mol. The van der Waals surface area contributed by atoms with E-state index in [4.69, 9.17) is 9.72 Å². The molecule has 1 atom stereocenters. The molecule has 8 nitrogen and oxygen atoms in total. The molecule has 3 aliphatic rings. The molecular formula is C24H31FN6O2. The number of carbonyl (C=O) groups is 1. The number of hydrogen-bond acceptors (Lipinski definition) is 7. The Hall–Kier alpha value is -2.94. The largest absolute Gasteiger partial charge is 0.489 e. The Morgan fingerprint density at radius 1 is 1.33 bits per heavy atom. The number of nitrogens with zero attached hydrogens (tertiary/aromatic N) is 4. The number of anilines is 3. The first-order valence-corrected chi connectivity index (χ1v) is 11.7. The van der Waals surface area contributed by atoms with Gasteiger partial charge in [0.15, 0.2) is 11.6 Å². The molecule has 1 aromatic carbocycles. The molecule has 1 amide bonds. The summed E-state index contributed by atoms with van der Waals surface area (Å²) in [7, 11) is 3.89. The smallest absolute Gasteiger partial charge is 0.246 e. The predicted octanol–water partition coefficient (Wildman–Crippen LogP) is 2.86. The SMILES string of the molecule is CN(C)CCOc1ccc(Nc2ncc3c(n2)N(C2CCCC2)C2(CCNC2=O)C3)cc1F. The number of likely N-dealkylation sites (N-methyl/N-ethyl adjacent to an activating group) is 1. The summed E-state index contributed by atoms with van der Waals surface area (Å²) in [4.78, 5) is 26.4. The van der Waals surface area contributed by atoms with E-state index in [1.165, 1.54) is 18.9 Å². The lowest BCUT2D eigenvalue weighted by molar-refractivity contribution is -0.123. The molecule has 1 aromatic heterocycles. The third kappa shape index (κ3) is 4.10. The Morgan fingerprint density at radius 3 is 2.85 bits per heavy atom. The third-order valence-electron chi connectivity index (χ3n) is 6.93. The summed E-state index contributed by atoms with van der Waals surface area (Å²) in [5, 5.41) is 6.15. The van der Waals surface area contributed by atoms with E-state index < -0.39 is 11.4 Å². The zero-order chi connectivity index (χ0) is 23.0. The standard InChI is InChI=1S/C24H31FN6O2/c1-30(2)11-12-33-20-8-7-17(13-19(20)25)28-23-27-15-16-14-24(9-10-26-22(24)32)31(21(16)29-23)18-5-3-4-6-18/h7-8,13,15,18H,3-6,9-12,14H2,1-2H3,(H,26,32)(H,27,28,29). The van der Waals surface area contributed by atoms with E-state index in [-0.39, 0.29) is 11.7 Å². The molecule has 1 saturated heterocycles. The summed E-state index contributed by atoms with van der Waals surface area (Å²) in [6.45, 7) is 1.81. The van der Waals surface area contributed by atoms with Crippen molar-refractivity contribution in [3.05, 3.63) is 35.8 Å². The fraction of sp³-hybridized carbons (Fsp3) is 0.542. The van der Waals surface area contributed by atoms with Crippen LogP contribution in [0, 0.1) is 5.82 Å². The molecule has 33 heavy (non-hydrogen) atoms. The van der Waals surface area contributed by atoms with E-state index in [0.717, 1.165) is 30.6 Å². The van der Waals surface area contributed by atoms with Gasteiger partial charge in [-0.25, -0.2) is 9.37 Å². The number of amides is 1. The van der Waals surface area contributed by atoms with Crippen LogP contribution in [0.5, 0.6) is 5.75 Å². The lowest BCUT2D eigenvalue weighted by Crippen LogP contribution is -2.56. The predicted molar refractivity (Wildman–Crippen MR) is 125 cm³/mol. The second-order valence-corrected chi connectivity index (χ2v) is 9.49. The summed E-state index contributed by atoms with van der Waals surface area (Å²) in [6, 6.07) is 5.07. The number of benzene rings is 1. The monoisotopic (exact) mass is 454 g/mol. The number of nitrogens with one attached hydrogen (secondary N) is 2. The molecule has 1 aliphatic carbocycles. The molecule has 176 valence electrons. The number of carbonyl (C=O) groups excluding carboxylic acids is 1. The average Bonchev–Trinajstić information content (AvgIpc) is 3.49. The molecule has 5 rings (SSSR count). The van der Waals surface area contributed by atoms with Gasteiger partial charge in [0.05, 0.1) is 0 Å². The molecule has 0 bridgehead atoms. The lowest BCUT2D eigenvalue weighted by atomic mass is 9.91. The number of hydrogen-bond donors (Lipinski definition) is 2. The van der Waals surface area contributed by atoms with Crippen molar-refractivity contribution < 1.29 is 13.9 Å². The molecule has 2 aliphatic heterocycles. The third-order valence-corrected chi connectivity index (χ3v) is 6.93. The van der Waals surface area contributed by atoms with Crippen LogP contribution in [0.15, 0.2) is 24.4 Å². The van der Waals surface area contributed by atoms with Gasteiger partial charge in [-0.3, -0.25) is 4.79 Å². The number of ether oxygens (including phenoxy) is 1. The highest BCUT2D eigenvalue weighted by molar-refractivity contribution is 5.94. The summed E-state index contributed by atoms with van der Waals surface area (Å²) >= 11 is 0. The van der Waals surface area contributed by atoms with E-state index in [0.29, 0.717) is 43.8 Å².